The Labute approximate surface area is 66.9 Å². The molecule has 0 fully saturated rings. The molecule has 0 heterocycles. The molecule has 4 N–H and O–H groups in total. The predicted octanol–water partition coefficient (Wildman–Crippen LogP) is -0.689. The van der Waals surface area contributed by atoms with Gasteiger partial charge >= 0.3 is 5.97 Å². The van der Waals surface area contributed by atoms with Crippen LogP contribution < -0.4 is 6.15 Å². The van der Waals surface area contributed by atoms with Crippen molar-refractivity contribution in [2.45, 2.75) is 0 Å². The largest absolute Gasteiger partial charge is 0.467 e. The first-order valence-electron chi connectivity index (χ1n) is 1.49. The minimum Gasteiger partial charge on any atom is -0.467 e. The van der Waals surface area contributed by atoms with Crippen LogP contribution in [0, 0.1) is 0 Å². The van der Waals surface area contributed by atoms with E-state index in [0.29, 0.717) is 0 Å². The zero-order chi connectivity index (χ0) is 4.99. The van der Waals surface area contributed by atoms with E-state index in [1.165, 1.54) is 7.11 Å². The van der Waals surface area contributed by atoms with Crippen LogP contribution in [0.4, 0.5) is 0 Å². The van der Waals surface area contributed by atoms with E-state index < -0.39 is 12.6 Å². The Morgan fingerprint density at radius 1 is 1.75 bits per heavy atom. The minimum absolute atomic E-state index is 0. The van der Waals surface area contributed by atoms with Crippen molar-refractivity contribution in [3.05, 3.63) is 0 Å². The predicted molar refractivity (Wildman–Crippen MR) is 24.1 cm³/mol. The van der Waals surface area contributed by atoms with E-state index in [1.54, 1.807) is 0 Å². The first kappa shape index (κ1) is 15.7. The van der Waals surface area contributed by atoms with Gasteiger partial charge in [-0.25, -0.2) is 4.79 Å². The van der Waals surface area contributed by atoms with Crippen LogP contribution in [0.1, 0.15) is 0 Å². The number of esters is 1. The summed E-state index contributed by atoms with van der Waals surface area (Å²) >= 11 is 0. The Morgan fingerprint density at radius 2 is 2.12 bits per heavy atom. The van der Waals surface area contributed by atoms with Crippen LogP contribution in [-0.2, 0) is 35.7 Å². The van der Waals surface area contributed by atoms with Crippen LogP contribution in [0.5, 0.6) is 0 Å². The van der Waals surface area contributed by atoms with Crippen LogP contribution in [-0.4, -0.2) is 24.8 Å². The first-order valence-corrected chi connectivity index (χ1v) is 1.49. The molecule has 0 spiro atoms. The van der Waals surface area contributed by atoms with Gasteiger partial charge in [0.2, 0.25) is 0 Å². The number of aliphatic hydroxyl groups excluding tert-OH is 1. The topological polar surface area (TPSA) is 81.5 Å². The molecule has 48 valence electrons. The Balaban J connectivity index is -0.000000125. The third-order valence-electron chi connectivity index (χ3n) is 0.357. The van der Waals surface area contributed by atoms with Gasteiger partial charge in [0.15, 0.2) is 0 Å². The van der Waals surface area contributed by atoms with Gasteiger partial charge in [-0.05, 0) is 0 Å². The molecular weight excluding hydrogens is 189 g/mol. The fourth-order valence-corrected chi connectivity index (χ4v) is 0.0645. The van der Waals surface area contributed by atoms with E-state index in [2.05, 4.69) is 4.74 Å². The number of rotatable bonds is 1. The zero-order valence-corrected chi connectivity index (χ0v) is 7.14. The van der Waals surface area contributed by atoms with Crippen molar-refractivity contribution in [3.63, 3.8) is 0 Å². The standard InChI is InChI=1S/C3H6O3.H3N.Zr/c1-6-3(5)2-4;;/h4H,2H2,1H3;1H3;. The molecule has 0 aromatic carbocycles. The summed E-state index contributed by atoms with van der Waals surface area (Å²) in [4.78, 5) is 9.71. The van der Waals surface area contributed by atoms with Crippen molar-refractivity contribution in [3.8, 4) is 0 Å². The van der Waals surface area contributed by atoms with E-state index in [9.17, 15) is 4.79 Å². The summed E-state index contributed by atoms with van der Waals surface area (Å²) in [5.74, 6) is -0.602. The Kier molecular flexibility index (Phi) is 20.3. The first-order chi connectivity index (χ1) is 2.81. The summed E-state index contributed by atoms with van der Waals surface area (Å²) in [5, 5.41) is 7.86. The van der Waals surface area contributed by atoms with Gasteiger partial charge in [-0.2, -0.15) is 0 Å². The molecule has 0 saturated carbocycles. The van der Waals surface area contributed by atoms with Crippen LogP contribution in [0.15, 0.2) is 0 Å². The molecule has 0 bridgehead atoms. The molecule has 0 saturated heterocycles. The van der Waals surface area contributed by atoms with E-state index in [1.807, 2.05) is 0 Å². The average Bonchev–Trinajstić information content (AvgIpc) is 1.65. The number of hydrogen-bond acceptors (Lipinski definition) is 4. The van der Waals surface area contributed by atoms with E-state index >= 15 is 0 Å². The number of carbonyl (C=O) groups is 1. The summed E-state index contributed by atoms with van der Waals surface area (Å²) in [6.07, 6.45) is 0. The van der Waals surface area contributed by atoms with Crippen LogP contribution in [0.3, 0.4) is 0 Å². The molecule has 0 unspecified atom stereocenters. The Morgan fingerprint density at radius 3 is 2.12 bits per heavy atom. The number of aliphatic hydroxyl groups is 1. The van der Waals surface area contributed by atoms with Gasteiger partial charge in [0, 0.05) is 26.2 Å². The SMILES string of the molecule is COC(=O)CO.N.[Zr]. The maximum absolute atomic E-state index is 9.71. The normalized spacial score (nSPS) is 5.75. The maximum Gasteiger partial charge on any atom is 0.331 e. The van der Waals surface area contributed by atoms with Crippen LogP contribution in [0.25, 0.3) is 0 Å². The van der Waals surface area contributed by atoms with Crippen LogP contribution in [0.2, 0.25) is 0 Å². The molecule has 0 amide bonds. The smallest absolute Gasteiger partial charge is 0.331 e. The van der Waals surface area contributed by atoms with E-state index in [-0.39, 0.29) is 32.4 Å². The number of ether oxygens (including phenoxy) is 1. The van der Waals surface area contributed by atoms with Gasteiger partial charge in [0.05, 0.1) is 7.11 Å². The molecular formula is C3H9NO3Zr. The molecule has 0 atom stereocenters. The second-order valence-electron chi connectivity index (χ2n) is 0.734. The van der Waals surface area contributed by atoms with Gasteiger partial charge in [-0.15, -0.1) is 0 Å². The van der Waals surface area contributed by atoms with Crippen molar-refractivity contribution in [1.29, 1.82) is 0 Å². The summed E-state index contributed by atoms with van der Waals surface area (Å²) < 4.78 is 4.01. The second-order valence-corrected chi connectivity index (χ2v) is 0.734. The molecule has 0 aliphatic rings. The number of hydrogen-bond donors (Lipinski definition) is 2. The number of methoxy groups -OCH3 is 1. The van der Waals surface area contributed by atoms with Crippen molar-refractivity contribution < 1.29 is 40.8 Å². The third-order valence-corrected chi connectivity index (χ3v) is 0.357. The van der Waals surface area contributed by atoms with Crippen molar-refractivity contribution in [2.75, 3.05) is 13.7 Å². The summed E-state index contributed by atoms with van der Waals surface area (Å²) in [6.45, 7) is -0.531. The maximum atomic E-state index is 9.71. The Bertz CT molecular complexity index is 52.5. The summed E-state index contributed by atoms with van der Waals surface area (Å²) in [5.41, 5.74) is 0. The van der Waals surface area contributed by atoms with Gasteiger partial charge < -0.3 is 16.0 Å². The minimum atomic E-state index is -0.602. The molecule has 4 nitrogen and oxygen atoms in total. The van der Waals surface area contributed by atoms with Gasteiger partial charge in [-0.3, -0.25) is 0 Å². The molecule has 5 heteroatoms. The monoisotopic (exact) mass is 197 g/mol. The quantitative estimate of drug-likeness (QED) is 0.547. The van der Waals surface area contributed by atoms with E-state index in [4.69, 9.17) is 5.11 Å². The van der Waals surface area contributed by atoms with Gasteiger partial charge in [-0.1, -0.05) is 0 Å². The average molecular weight is 198 g/mol. The molecule has 0 aromatic heterocycles. The summed E-state index contributed by atoms with van der Waals surface area (Å²) in [7, 11) is 1.22. The van der Waals surface area contributed by atoms with Gasteiger partial charge in [0.1, 0.15) is 6.61 Å². The summed E-state index contributed by atoms with van der Waals surface area (Å²) in [6, 6.07) is 0. The molecule has 0 aliphatic carbocycles. The molecule has 0 aliphatic heterocycles. The van der Waals surface area contributed by atoms with Gasteiger partial charge in [0.25, 0.3) is 0 Å². The van der Waals surface area contributed by atoms with E-state index in [0.717, 1.165) is 0 Å². The van der Waals surface area contributed by atoms with Crippen molar-refractivity contribution in [2.24, 2.45) is 0 Å². The fourth-order valence-electron chi connectivity index (χ4n) is 0.0645. The molecule has 8 heavy (non-hydrogen) atoms. The second kappa shape index (κ2) is 10.3. The molecule has 0 rings (SSSR count). The van der Waals surface area contributed by atoms with Crippen LogP contribution >= 0.6 is 0 Å². The third kappa shape index (κ3) is 9.55. The number of carbonyl (C=O) groups excluding carboxylic acids is 1. The molecule has 0 aromatic rings. The zero-order valence-electron chi connectivity index (χ0n) is 4.68. The van der Waals surface area contributed by atoms with Crippen molar-refractivity contribution in [1.82, 2.24) is 6.15 Å². The molecule has 0 radical (unpaired) electrons. The Hall–Kier alpha value is 0.273. The fraction of sp³-hybridized carbons (Fsp3) is 0.667. The van der Waals surface area contributed by atoms with Crippen molar-refractivity contribution >= 4 is 5.97 Å².